The number of benzene rings is 2. The van der Waals surface area contributed by atoms with E-state index in [1.54, 1.807) is 6.07 Å². The number of halogens is 2. The van der Waals surface area contributed by atoms with Gasteiger partial charge >= 0.3 is 0 Å². The van der Waals surface area contributed by atoms with Gasteiger partial charge in [-0.05, 0) is 52.4 Å². The van der Waals surface area contributed by atoms with Gasteiger partial charge in [-0.2, -0.15) is 0 Å². The average Bonchev–Trinajstić information content (AvgIpc) is 2.38. The van der Waals surface area contributed by atoms with E-state index in [0.717, 1.165) is 15.7 Å². The predicted molar refractivity (Wildman–Crippen MR) is 81.1 cm³/mol. The van der Waals surface area contributed by atoms with Gasteiger partial charge in [-0.25, -0.2) is 4.39 Å². The zero-order valence-electron chi connectivity index (χ0n) is 10.2. The second-order valence-corrected chi connectivity index (χ2v) is 5.23. The lowest BCUT2D eigenvalue weighted by Crippen LogP contribution is -2.22. The maximum absolute atomic E-state index is 13.2. The third kappa shape index (κ3) is 3.09. The molecule has 1 unspecified atom stereocenters. The van der Waals surface area contributed by atoms with Gasteiger partial charge in [0, 0.05) is 3.57 Å². The van der Waals surface area contributed by atoms with E-state index in [2.05, 4.69) is 47.0 Å². The van der Waals surface area contributed by atoms with E-state index in [4.69, 9.17) is 0 Å². The van der Waals surface area contributed by atoms with Gasteiger partial charge in [0.25, 0.3) is 0 Å². The van der Waals surface area contributed by atoms with Crippen molar-refractivity contribution in [3.63, 3.8) is 0 Å². The molecule has 0 spiro atoms. The molecule has 0 aromatic heterocycles. The minimum Gasteiger partial charge on any atom is -0.306 e. The Morgan fingerprint density at radius 3 is 2.50 bits per heavy atom. The molecule has 1 N–H and O–H groups in total. The Balaban J connectivity index is 2.41. The van der Waals surface area contributed by atoms with Crippen LogP contribution < -0.4 is 5.32 Å². The van der Waals surface area contributed by atoms with Crippen LogP contribution in [0.15, 0.2) is 48.5 Å². The molecule has 0 saturated heterocycles. The van der Waals surface area contributed by atoms with Crippen LogP contribution in [0, 0.1) is 9.39 Å². The van der Waals surface area contributed by atoms with Gasteiger partial charge in [0.05, 0.1) is 6.04 Å². The number of nitrogens with one attached hydrogen (secondary N) is 1. The summed E-state index contributed by atoms with van der Waals surface area (Å²) in [5.74, 6) is -0.188. The Morgan fingerprint density at radius 1 is 1.17 bits per heavy atom. The molecule has 2 rings (SSSR count). The second-order valence-electron chi connectivity index (χ2n) is 4.07. The fraction of sp³-hybridized carbons (Fsp3) is 0.200. The first-order valence-electron chi connectivity index (χ1n) is 5.95. The number of rotatable bonds is 4. The lowest BCUT2D eigenvalue weighted by atomic mass is 9.99. The molecule has 1 nitrogen and oxygen atoms in total. The van der Waals surface area contributed by atoms with Crippen LogP contribution in [0.2, 0.25) is 0 Å². The smallest absolute Gasteiger partial charge is 0.124 e. The highest BCUT2D eigenvalue weighted by atomic mass is 127. The highest BCUT2D eigenvalue weighted by Crippen LogP contribution is 2.26. The molecule has 2 aromatic rings. The molecule has 2 aromatic carbocycles. The normalized spacial score (nSPS) is 12.4. The Kier molecular flexibility index (Phi) is 4.72. The number of hydrogen-bond acceptors (Lipinski definition) is 1. The van der Waals surface area contributed by atoms with Crippen molar-refractivity contribution in [3.8, 4) is 0 Å². The standard InChI is InChI=1S/C15H15FIN/c1-2-18-15(11-6-4-3-5-7-11)13-9-8-12(16)10-14(13)17/h3-10,15,18H,2H2,1H3. The first-order valence-corrected chi connectivity index (χ1v) is 7.03. The van der Waals surface area contributed by atoms with Crippen LogP contribution in [0.3, 0.4) is 0 Å². The summed E-state index contributed by atoms with van der Waals surface area (Å²) in [6.07, 6.45) is 0. The first-order chi connectivity index (χ1) is 8.72. The molecule has 18 heavy (non-hydrogen) atoms. The van der Waals surface area contributed by atoms with Crippen LogP contribution in [-0.4, -0.2) is 6.54 Å². The van der Waals surface area contributed by atoms with Crippen molar-refractivity contribution >= 4 is 22.6 Å². The highest BCUT2D eigenvalue weighted by Gasteiger charge is 2.15. The molecular formula is C15H15FIN. The van der Waals surface area contributed by atoms with E-state index >= 15 is 0 Å². The van der Waals surface area contributed by atoms with Crippen molar-refractivity contribution in [2.24, 2.45) is 0 Å². The fourth-order valence-electron chi connectivity index (χ4n) is 1.99. The van der Waals surface area contributed by atoms with Crippen molar-refractivity contribution in [2.75, 3.05) is 6.54 Å². The summed E-state index contributed by atoms with van der Waals surface area (Å²) < 4.78 is 14.1. The Morgan fingerprint density at radius 2 is 1.89 bits per heavy atom. The molecule has 0 heterocycles. The summed E-state index contributed by atoms with van der Waals surface area (Å²) in [5.41, 5.74) is 2.31. The van der Waals surface area contributed by atoms with Gasteiger partial charge in [-0.1, -0.05) is 43.3 Å². The summed E-state index contributed by atoms with van der Waals surface area (Å²) >= 11 is 2.19. The largest absolute Gasteiger partial charge is 0.306 e. The predicted octanol–water partition coefficient (Wildman–Crippen LogP) is 4.13. The van der Waals surface area contributed by atoms with Crippen LogP contribution in [0.1, 0.15) is 24.1 Å². The molecule has 0 fully saturated rings. The Hall–Kier alpha value is -0.940. The van der Waals surface area contributed by atoms with E-state index < -0.39 is 0 Å². The summed E-state index contributed by atoms with van der Waals surface area (Å²) in [7, 11) is 0. The number of hydrogen-bond donors (Lipinski definition) is 1. The molecule has 0 amide bonds. The molecule has 0 aliphatic heterocycles. The molecule has 0 radical (unpaired) electrons. The highest BCUT2D eigenvalue weighted by molar-refractivity contribution is 14.1. The molecule has 1 atom stereocenters. The maximum Gasteiger partial charge on any atom is 0.124 e. The minimum atomic E-state index is -0.188. The van der Waals surface area contributed by atoms with E-state index in [1.807, 2.05) is 24.3 Å². The van der Waals surface area contributed by atoms with Gasteiger partial charge in [-0.3, -0.25) is 0 Å². The second kappa shape index (κ2) is 6.29. The fourth-order valence-corrected chi connectivity index (χ4v) is 2.78. The SMILES string of the molecule is CCNC(c1ccccc1)c1ccc(F)cc1I. The lowest BCUT2D eigenvalue weighted by molar-refractivity contribution is 0.610. The van der Waals surface area contributed by atoms with Gasteiger partial charge in [-0.15, -0.1) is 0 Å². The lowest BCUT2D eigenvalue weighted by Gasteiger charge is -2.20. The van der Waals surface area contributed by atoms with Crippen LogP contribution in [0.4, 0.5) is 4.39 Å². The van der Waals surface area contributed by atoms with E-state index in [0.29, 0.717) is 0 Å². The zero-order valence-corrected chi connectivity index (χ0v) is 12.3. The van der Waals surface area contributed by atoms with Crippen molar-refractivity contribution in [1.29, 1.82) is 0 Å². The van der Waals surface area contributed by atoms with E-state index in [9.17, 15) is 4.39 Å². The third-order valence-corrected chi connectivity index (χ3v) is 3.75. The van der Waals surface area contributed by atoms with Gasteiger partial charge in [0.1, 0.15) is 5.82 Å². The summed E-state index contributed by atoms with van der Waals surface area (Å²) in [6.45, 7) is 2.94. The Labute approximate surface area is 121 Å². The summed E-state index contributed by atoms with van der Waals surface area (Å²) in [6, 6.07) is 15.3. The van der Waals surface area contributed by atoms with Crippen LogP contribution in [0.5, 0.6) is 0 Å². The molecule has 3 heteroatoms. The van der Waals surface area contributed by atoms with Crippen molar-refractivity contribution in [2.45, 2.75) is 13.0 Å². The van der Waals surface area contributed by atoms with Gasteiger partial charge in [0.2, 0.25) is 0 Å². The first kappa shape index (κ1) is 13.5. The zero-order chi connectivity index (χ0) is 13.0. The maximum atomic E-state index is 13.2. The van der Waals surface area contributed by atoms with Crippen LogP contribution in [0.25, 0.3) is 0 Å². The molecular weight excluding hydrogens is 340 g/mol. The molecule has 0 aliphatic rings. The summed E-state index contributed by atoms with van der Waals surface area (Å²) in [5, 5.41) is 3.45. The average molecular weight is 355 g/mol. The van der Waals surface area contributed by atoms with Crippen molar-refractivity contribution in [3.05, 3.63) is 69.0 Å². The topological polar surface area (TPSA) is 12.0 Å². The Bertz CT molecular complexity index is 513. The van der Waals surface area contributed by atoms with Crippen LogP contribution in [-0.2, 0) is 0 Å². The molecule has 94 valence electrons. The van der Waals surface area contributed by atoms with Gasteiger partial charge < -0.3 is 5.32 Å². The molecule has 0 saturated carbocycles. The minimum absolute atomic E-state index is 0.115. The quantitative estimate of drug-likeness (QED) is 0.814. The summed E-state index contributed by atoms with van der Waals surface area (Å²) in [4.78, 5) is 0. The molecule has 0 bridgehead atoms. The third-order valence-electron chi connectivity index (χ3n) is 2.81. The van der Waals surface area contributed by atoms with Crippen molar-refractivity contribution < 1.29 is 4.39 Å². The van der Waals surface area contributed by atoms with Gasteiger partial charge in [0.15, 0.2) is 0 Å². The molecule has 0 aliphatic carbocycles. The van der Waals surface area contributed by atoms with Crippen molar-refractivity contribution in [1.82, 2.24) is 5.32 Å². The van der Waals surface area contributed by atoms with Crippen LogP contribution >= 0.6 is 22.6 Å². The van der Waals surface area contributed by atoms with E-state index in [1.165, 1.54) is 11.6 Å². The monoisotopic (exact) mass is 355 g/mol. The van der Waals surface area contributed by atoms with E-state index in [-0.39, 0.29) is 11.9 Å².